The molecule has 0 aromatic heterocycles. The quantitative estimate of drug-likeness (QED) is 0.650. The molecule has 1 aliphatic heterocycles. The average molecular weight is 174 g/mol. The third-order valence-electron chi connectivity index (χ3n) is 2.19. The number of benzene rings is 1. The standard InChI is InChI=1S/C11H10O2/c1-2-10(12)8-3-4-11-9(7-8)5-6-13-11/h1,3-4,7,10,12H,5-6H2. The van der Waals surface area contributed by atoms with Gasteiger partial charge in [-0.15, -0.1) is 6.42 Å². The molecule has 0 aliphatic carbocycles. The first-order valence-corrected chi connectivity index (χ1v) is 4.21. The highest BCUT2D eigenvalue weighted by Gasteiger charge is 2.13. The molecule has 1 aromatic carbocycles. The van der Waals surface area contributed by atoms with E-state index in [1.165, 1.54) is 0 Å². The van der Waals surface area contributed by atoms with E-state index >= 15 is 0 Å². The van der Waals surface area contributed by atoms with Crippen LogP contribution in [0.1, 0.15) is 17.2 Å². The minimum Gasteiger partial charge on any atom is -0.493 e. The third kappa shape index (κ3) is 1.39. The average Bonchev–Trinajstić information content (AvgIpc) is 2.63. The molecular formula is C11H10O2. The summed E-state index contributed by atoms with van der Waals surface area (Å²) < 4.78 is 5.33. The molecule has 2 nitrogen and oxygen atoms in total. The van der Waals surface area contributed by atoms with Crippen LogP contribution in [0.3, 0.4) is 0 Å². The first-order chi connectivity index (χ1) is 6.31. The van der Waals surface area contributed by atoms with Crippen LogP contribution in [-0.4, -0.2) is 11.7 Å². The van der Waals surface area contributed by atoms with Gasteiger partial charge in [-0.25, -0.2) is 0 Å². The zero-order chi connectivity index (χ0) is 9.26. The summed E-state index contributed by atoms with van der Waals surface area (Å²) in [5.74, 6) is 3.20. The Kier molecular flexibility index (Phi) is 1.96. The lowest BCUT2D eigenvalue weighted by Gasteiger charge is -2.05. The van der Waals surface area contributed by atoms with Gasteiger partial charge in [-0.3, -0.25) is 0 Å². The van der Waals surface area contributed by atoms with E-state index in [2.05, 4.69) is 5.92 Å². The van der Waals surface area contributed by atoms with Gasteiger partial charge in [0.15, 0.2) is 0 Å². The van der Waals surface area contributed by atoms with Crippen molar-refractivity contribution in [1.82, 2.24) is 0 Å². The van der Waals surface area contributed by atoms with Crippen LogP contribution < -0.4 is 4.74 Å². The largest absolute Gasteiger partial charge is 0.493 e. The molecule has 2 rings (SSSR count). The molecule has 1 aliphatic rings. The number of aliphatic hydroxyl groups excluding tert-OH is 1. The van der Waals surface area contributed by atoms with Crippen LogP contribution in [0.2, 0.25) is 0 Å². The van der Waals surface area contributed by atoms with E-state index in [0.29, 0.717) is 0 Å². The molecule has 1 heterocycles. The minimum absolute atomic E-state index is 0.727. The molecule has 0 bridgehead atoms. The molecule has 0 spiro atoms. The lowest BCUT2D eigenvalue weighted by Crippen LogP contribution is -1.93. The van der Waals surface area contributed by atoms with Crippen molar-refractivity contribution in [2.75, 3.05) is 6.61 Å². The second-order valence-corrected chi connectivity index (χ2v) is 3.03. The van der Waals surface area contributed by atoms with Crippen LogP contribution in [-0.2, 0) is 6.42 Å². The molecule has 66 valence electrons. The Labute approximate surface area is 77.2 Å². The van der Waals surface area contributed by atoms with Crippen molar-refractivity contribution in [2.24, 2.45) is 0 Å². The third-order valence-corrected chi connectivity index (χ3v) is 2.19. The number of hydrogen-bond acceptors (Lipinski definition) is 2. The van der Waals surface area contributed by atoms with E-state index in [0.717, 1.165) is 29.9 Å². The van der Waals surface area contributed by atoms with Crippen LogP contribution >= 0.6 is 0 Å². The summed E-state index contributed by atoms with van der Waals surface area (Å²) in [5.41, 5.74) is 1.90. The van der Waals surface area contributed by atoms with Crippen molar-refractivity contribution in [3.8, 4) is 18.1 Å². The Morgan fingerprint density at radius 2 is 2.38 bits per heavy atom. The predicted molar refractivity (Wildman–Crippen MR) is 49.4 cm³/mol. The van der Waals surface area contributed by atoms with Crippen LogP contribution in [0.4, 0.5) is 0 Å². The normalized spacial score (nSPS) is 15.7. The van der Waals surface area contributed by atoms with Crippen molar-refractivity contribution in [3.05, 3.63) is 29.3 Å². The molecule has 13 heavy (non-hydrogen) atoms. The van der Waals surface area contributed by atoms with E-state index in [-0.39, 0.29) is 0 Å². The molecule has 0 radical (unpaired) electrons. The van der Waals surface area contributed by atoms with Gasteiger partial charge in [0.2, 0.25) is 0 Å². The summed E-state index contributed by atoms with van der Waals surface area (Å²) in [6, 6.07) is 5.57. The highest BCUT2D eigenvalue weighted by Crippen LogP contribution is 2.27. The number of aliphatic hydroxyl groups is 1. The number of fused-ring (bicyclic) bond motifs is 1. The van der Waals surface area contributed by atoms with E-state index < -0.39 is 6.10 Å². The first kappa shape index (κ1) is 8.15. The Hall–Kier alpha value is -1.46. The summed E-state index contributed by atoms with van der Waals surface area (Å²) in [6.07, 6.45) is 5.22. The number of terminal acetylenes is 1. The number of rotatable bonds is 1. The topological polar surface area (TPSA) is 29.5 Å². The predicted octanol–water partition coefficient (Wildman–Crippen LogP) is 1.29. The molecule has 0 saturated heterocycles. The summed E-state index contributed by atoms with van der Waals surface area (Å²) in [7, 11) is 0. The second-order valence-electron chi connectivity index (χ2n) is 3.03. The second kappa shape index (κ2) is 3.12. The zero-order valence-corrected chi connectivity index (χ0v) is 7.16. The maximum atomic E-state index is 9.38. The monoisotopic (exact) mass is 174 g/mol. The highest BCUT2D eigenvalue weighted by molar-refractivity contribution is 5.41. The van der Waals surface area contributed by atoms with Crippen molar-refractivity contribution >= 4 is 0 Å². The number of hydrogen-bond donors (Lipinski definition) is 1. The van der Waals surface area contributed by atoms with Gasteiger partial charge in [-0.2, -0.15) is 0 Å². The van der Waals surface area contributed by atoms with Gasteiger partial charge in [-0.05, 0) is 23.3 Å². The van der Waals surface area contributed by atoms with Crippen molar-refractivity contribution in [2.45, 2.75) is 12.5 Å². The molecule has 1 aromatic rings. The van der Waals surface area contributed by atoms with Gasteiger partial charge in [0.1, 0.15) is 11.9 Å². The zero-order valence-electron chi connectivity index (χ0n) is 7.16. The lowest BCUT2D eigenvalue weighted by atomic mass is 10.1. The fraction of sp³-hybridized carbons (Fsp3) is 0.273. The van der Waals surface area contributed by atoms with Gasteiger partial charge in [0.25, 0.3) is 0 Å². The van der Waals surface area contributed by atoms with Gasteiger partial charge in [0, 0.05) is 6.42 Å². The summed E-state index contributed by atoms with van der Waals surface area (Å²) in [5, 5.41) is 9.38. The Morgan fingerprint density at radius 1 is 1.54 bits per heavy atom. The molecule has 0 fully saturated rings. The Bertz CT molecular complexity index is 363. The van der Waals surface area contributed by atoms with Gasteiger partial charge in [0.05, 0.1) is 6.61 Å². The van der Waals surface area contributed by atoms with Crippen molar-refractivity contribution in [3.63, 3.8) is 0 Å². The van der Waals surface area contributed by atoms with Crippen LogP contribution in [0.15, 0.2) is 18.2 Å². The van der Waals surface area contributed by atoms with Gasteiger partial charge < -0.3 is 9.84 Å². The van der Waals surface area contributed by atoms with Gasteiger partial charge in [-0.1, -0.05) is 12.0 Å². The fourth-order valence-electron chi connectivity index (χ4n) is 1.47. The highest BCUT2D eigenvalue weighted by atomic mass is 16.5. The van der Waals surface area contributed by atoms with E-state index in [9.17, 15) is 5.11 Å². The van der Waals surface area contributed by atoms with E-state index in [4.69, 9.17) is 11.2 Å². The summed E-state index contributed by atoms with van der Waals surface area (Å²) in [4.78, 5) is 0. The first-order valence-electron chi connectivity index (χ1n) is 4.21. The van der Waals surface area contributed by atoms with Crippen LogP contribution in [0.25, 0.3) is 0 Å². The molecule has 1 N–H and O–H groups in total. The van der Waals surface area contributed by atoms with Crippen LogP contribution in [0.5, 0.6) is 5.75 Å². The Balaban J connectivity index is 2.37. The van der Waals surface area contributed by atoms with E-state index in [1.807, 2.05) is 12.1 Å². The molecule has 1 unspecified atom stereocenters. The maximum absolute atomic E-state index is 9.38. The van der Waals surface area contributed by atoms with E-state index in [1.54, 1.807) is 6.07 Å². The minimum atomic E-state index is -0.800. The SMILES string of the molecule is C#CC(O)c1ccc2c(c1)CCO2. The lowest BCUT2D eigenvalue weighted by molar-refractivity contribution is 0.238. The maximum Gasteiger partial charge on any atom is 0.139 e. The molecule has 1 atom stereocenters. The fourth-order valence-corrected chi connectivity index (χ4v) is 1.47. The molecule has 0 amide bonds. The summed E-state index contributed by atoms with van der Waals surface area (Å²) >= 11 is 0. The number of ether oxygens (including phenoxy) is 1. The van der Waals surface area contributed by atoms with Crippen LogP contribution in [0, 0.1) is 12.3 Å². The molecule has 2 heteroatoms. The summed E-state index contributed by atoms with van der Waals surface area (Å²) in [6.45, 7) is 0.727. The van der Waals surface area contributed by atoms with Gasteiger partial charge >= 0.3 is 0 Å². The van der Waals surface area contributed by atoms with Crippen molar-refractivity contribution < 1.29 is 9.84 Å². The molecule has 0 saturated carbocycles. The smallest absolute Gasteiger partial charge is 0.139 e. The Morgan fingerprint density at radius 3 is 3.15 bits per heavy atom. The molecular weight excluding hydrogens is 164 g/mol. The van der Waals surface area contributed by atoms with Crippen molar-refractivity contribution in [1.29, 1.82) is 0 Å².